The largest absolute Gasteiger partial charge is 0.451 e. The number of non-ortho nitro benzene ring substituents is 1. The number of esters is 1. The smallest absolute Gasteiger partial charge is 0.348 e. The van der Waals surface area contributed by atoms with Gasteiger partial charge in [-0.3, -0.25) is 20.2 Å². The number of nitro benzene ring substituents is 1. The minimum atomic E-state index is -0.731. The monoisotopic (exact) mass is 419 g/mol. The molecular weight excluding hydrogens is 398 g/mol. The van der Waals surface area contributed by atoms with Crippen molar-refractivity contribution in [1.82, 2.24) is 10.6 Å². The lowest BCUT2D eigenvalue weighted by molar-refractivity contribution is -0.384. The molecule has 0 unspecified atom stereocenters. The Morgan fingerprint density at radius 2 is 2.00 bits per heavy atom. The Kier molecular flexibility index (Phi) is 6.42. The van der Waals surface area contributed by atoms with Gasteiger partial charge in [0.2, 0.25) is 0 Å². The predicted molar refractivity (Wildman–Crippen MR) is 107 cm³/mol. The molecule has 3 amide bonds. The summed E-state index contributed by atoms with van der Waals surface area (Å²) in [5.41, 5.74) is -0.0760. The van der Waals surface area contributed by atoms with Crippen LogP contribution in [-0.4, -0.2) is 35.5 Å². The predicted octanol–water partition coefficient (Wildman–Crippen LogP) is 3.37. The van der Waals surface area contributed by atoms with E-state index in [2.05, 4.69) is 17.6 Å². The van der Waals surface area contributed by atoms with E-state index in [1.807, 2.05) is 0 Å². The number of nitrogens with zero attached hydrogens (tertiary/aromatic N) is 1. The second kappa shape index (κ2) is 8.99. The Hall–Kier alpha value is -3.01. The lowest BCUT2D eigenvalue weighted by atomic mass is 9.86. The fourth-order valence-electron chi connectivity index (χ4n) is 3.35. The zero-order chi connectivity index (χ0) is 21.0. The second-order valence-corrected chi connectivity index (χ2v) is 8.14. The fourth-order valence-corrected chi connectivity index (χ4v) is 4.28. The Morgan fingerprint density at radius 3 is 2.72 bits per heavy atom. The van der Waals surface area contributed by atoms with Crippen LogP contribution in [0.5, 0.6) is 0 Å². The third-order valence-electron chi connectivity index (χ3n) is 4.93. The number of nitrogens with one attached hydrogen (secondary N) is 2. The normalized spacial score (nSPS) is 18.8. The Balaban J connectivity index is 1.50. The van der Waals surface area contributed by atoms with Crippen molar-refractivity contribution in [1.29, 1.82) is 0 Å². The maximum atomic E-state index is 12.2. The third kappa shape index (κ3) is 5.29. The SMILES string of the molecule is C[C@H]1CCCC[C@@H]1NC(=O)NC(=O)COC(=O)c1cc2cc([N+](=O)[O-])ccc2s1. The molecule has 1 aliphatic carbocycles. The number of benzene rings is 1. The van der Waals surface area contributed by atoms with Gasteiger partial charge in [0.25, 0.3) is 11.6 Å². The lowest BCUT2D eigenvalue weighted by Gasteiger charge is -2.29. The summed E-state index contributed by atoms with van der Waals surface area (Å²) in [5.74, 6) is -1.10. The van der Waals surface area contributed by atoms with Crippen molar-refractivity contribution in [3.8, 4) is 0 Å². The van der Waals surface area contributed by atoms with Gasteiger partial charge in [-0.25, -0.2) is 9.59 Å². The molecule has 1 heterocycles. The summed E-state index contributed by atoms with van der Waals surface area (Å²) in [5, 5.41) is 16.3. The van der Waals surface area contributed by atoms with Gasteiger partial charge in [0, 0.05) is 28.3 Å². The van der Waals surface area contributed by atoms with Gasteiger partial charge in [0.05, 0.1) is 4.92 Å². The molecule has 3 rings (SSSR count). The molecule has 2 atom stereocenters. The highest BCUT2D eigenvalue weighted by Gasteiger charge is 2.23. The number of fused-ring (bicyclic) bond motifs is 1. The average molecular weight is 419 g/mol. The molecule has 9 nitrogen and oxygen atoms in total. The van der Waals surface area contributed by atoms with E-state index in [1.54, 1.807) is 6.07 Å². The molecule has 10 heteroatoms. The number of urea groups is 1. The number of ether oxygens (including phenoxy) is 1. The van der Waals surface area contributed by atoms with Crippen LogP contribution in [0.2, 0.25) is 0 Å². The van der Waals surface area contributed by atoms with E-state index in [-0.39, 0.29) is 16.6 Å². The van der Waals surface area contributed by atoms with Gasteiger partial charge in [-0.15, -0.1) is 11.3 Å². The fraction of sp³-hybridized carbons (Fsp3) is 0.421. The first-order valence-corrected chi connectivity index (χ1v) is 10.1. The molecule has 2 N–H and O–H groups in total. The van der Waals surface area contributed by atoms with Gasteiger partial charge >= 0.3 is 12.0 Å². The van der Waals surface area contributed by atoms with Gasteiger partial charge < -0.3 is 10.1 Å². The van der Waals surface area contributed by atoms with Crippen molar-refractivity contribution in [3.05, 3.63) is 39.3 Å². The summed E-state index contributed by atoms with van der Waals surface area (Å²) in [6, 6.07) is 5.18. The van der Waals surface area contributed by atoms with E-state index >= 15 is 0 Å². The number of hydrogen-bond acceptors (Lipinski definition) is 7. The molecule has 0 aliphatic heterocycles. The van der Waals surface area contributed by atoms with Crippen LogP contribution in [0.3, 0.4) is 0 Å². The van der Waals surface area contributed by atoms with Crippen molar-refractivity contribution < 1.29 is 24.0 Å². The van der Waals surface area contributed by atoms with E-state index in [9.17, 15) is 24.5 Å². The van der Waals surface area contributed by atoms with Crippen LogP contribution in [0.25, 0.3) is 10.1 Å². The van der Waals surface area contributed by atoms with Crippen LogP contribution in [0.1, 0.15) is 42.3 Å². The third-order valence-corrected chi connectivity index (χ3v) is 6.02. The van der Waals surface area contributed by atoms with Gasteiger partial charge in [-0.05, 0) is 30.9 Å². The number of carbonyl (C=O) groups is 3. The molecular formula is C19H21N3O6S. The first-order chi connectivity index (χ1) is 13.8. The number of thiophene rings is 1. The topological polar surface area (TPSA) is 128 Å². The Morgan fingerprint density at radius 1 is 1.24 bits per heavy atom. The molecule has 154 valence electrons. The number of hydrogen-bond donors (Lipinski definition) is 2. The van der Waals surface area contributed by atoms with Crippen LogP contribution in [0, 0.1) is 16.0 Å². The zero-order valence-corrected chi connectivity index (χ0v) is 16.6. The lowest BCUT2D eigenvalue weighted by Crippen LogP contribution is -2.48. The molecule has 1 aliphatic rings. The van der Waals surface area contributed by atoms with E-state index in [1.165, 1.54) is 18.2 Å². The van der Waals surface area contributed by atoms with Crippen LogP contribution >= 0.6 is 11.3 Å². The van der Waals surface area contributed by atoms with Crippen LogP contribution in [-0.2, 0) is 9.53 Å². The van der Waals surface area contributed by atoms with Crippen molar-refractivity contribution >= 4 is 45.0 Å². The number of carbonyl (C=O) groups excluding carboxylic acids is 3. The molecule has 0 saturated heterocycles. The maximum absolute atomic E-state index is 12.2. The van der Waals surface area contributed by atoms with Gasteiger partial charge in [0.1, 0.15) is 4.88 Å². The minimum absolute atomic E-state index is 0.0294. The van der Waals surface area contributed by atoms with Gasteiger partial charge in [-0.2, -0.15) is 0 Å². The summed E-state index contributed by atoms with van der Waals surface area (Å²) in [4.78, 5) is 46.5. The first-order valence-electron chi connectivity index (χ1n) is 9.29. The zero-order valence-electron chi connectivity index (χ0n) is 15.8. The Labute approximate surface area is 170 Å². The van der Waals surface area contributed by atoms with Crippen molar-refractivity contribution in [2.75, 3.05) is 6.61 Å². The van der Waals surface area contributed by atoms with Crippen molar-refractivity contribution in [3.63, 3.8) is 0 Å². The van der Waals surface area contributed by atoms with Crippen molar-refractivity contribution in [2.45, 2.75) is 38.6 Å². The summed E-state index contributed by atoms with van der Waals surface area (Å²) in [6.45, 7) is 1.47. The molecule has 1 saturated carbocycles. The number of nitro groups is 1. The highest BCUT2D eigenvalue weighted by Crippen LogP contribution is 2.29. The molecule has 2 aromatic rings. The molecule has 0 bridgehead atoms. The van der Waals surface area contributed by atoms with E-state index in [0.717, 1.165) is 37.0 Å². The molecule has 29 heavy (non-hydrogen) atoms. The molecule has 0 spiro atoms. The minimum Gasteiger partial charge on any atom is -0.451 e. The van der Waals surface area contributed by atoms with Crippen LogP contribution < -0.4 is 10.6 Å². The average Bonchev–Trinajstić information content (AvgIpc) is 3.11. The number of rotatable bonds is 5. The first kappa shape index (κ1) is 20.7. The van der Waals surface area contributed by atoms with Gasteiger partial charge in [-0.1, -0.05) is 19.8 Å². The number of imide groups is 1. The maximum Gasteiger partial charge on any atom is 0.348 e. The second-order valence-electron chi connectivity index (χ2n) is 7.06. The standard InChI is InChI=1S/C19H21N3O6S/c1-11-4-2-3-5-14(11)20-19(25)21-17(23)10-28-18(24)16-9-12-8-13(22(26)27)6-7-15(12)29-16/h6-9,11,14H,2-5,10H2,1H3,(H2,20,21,23,25)/t11-,14-/m0/s1. The summed E-state index contributed by atoms with van der Waals surface area (Å²) < 4.78 is 5.64. The van der Waals surface area contributed by atoms with E-state index in [4.69, 9.17) is 4.74 Å². The summed E-state index contributed by atoms with van der Waals surface area (Å²) >= 11 is 1.11. The summed E-state index contributed by atoms with van der Waals surface area (Å²) in [6.07, 6.45) is 4.09. The van der Waals surface area contributed by atoms with E-state index in [0.29, 0.717) is 16.0 Å². The van der Waals surface area contributed by atoms with Crippen LogP contribution in [0.4, 0.5) is 10.5 Å². The highest BCUT2D eigenvalue weighted by molar-refractivity contribution is 7.20. The molecule has 1 fully saturated rings. The van der Waals surface area contributed by atoms with Crippen molar-refractivity contribution in [2.24, 2.45) is 5.92 Å². The molecule has 1 aromatic heterocycles. The number of amides is 3. The highest BCUT2D eigenvalue weighted by atomic mass is 32.1. The molecule has 0 radical (unpaired) electrons. The molecule has 1 aromatic carbocycles. The summed E-state index contributed by atoms with van der Waals surface area (Å²) in [7, 11) is 0. The van der Waals surface area contributed by atoms with Crippen LogP contribution in [0.15, 0.2) is 24.3 Å². The van der Waals surface area contributed by atoms with E-state index < -0.39 is 29.4 Å². The van der Waals surface area contributed by atoms with Gasteiger partial charge in [0.15, 0.2) is 6.61 Å². The Bertz CT molecular complexity index is 957. The quantitative estimate of drug-likeness (QED) is 0.434.